The van der Waals surface area contributed by atoms with Gasteiger partial charge in [0.1, 0.15) is 6.10 Å². The lowest BCUT2D eigenvalue weighted by molar-refractivity contribution is 0.129. The number of nitrogens with zero attached hydrogens (tertiary/aromatic N) is 3. The Hall–Kier alpha value is -1.99. The number of piperidine rings is 2. The fourth-order valence-corrected chi connectivity index (χ4v) is 3.44. The Bertz CT molecular complexity index is 576. The molecule has 2 aliphatic rings. The van der Waals surface area contributed by atoms with Crippen LogP contribution in [0.3, 0.4) is 0 Å². The molecule has 0 bridgehead atoms. The van der Waals surface area contributed by atoms with Gasteiger partial charge in [0, 0.05) is 31.8 Å². The van der Waals surface area contributed by atoms with E-state index in [0.29, 0.717) is 0 Å². The molecule has 4 nitrogen and oxygen atoms in total. The second kappa shape index (κ2) is 10.1. The Balaban J connectivity index is 1.95. The summed E-state index contributed by atoms with van der Waals surface area (Å²) < 4.78 is 5.87. The summed E-state index contributed by atoms with van der Waals surface area (Å²) in [5.74, 6) is 0.103. The van der Waals surface area contributed by atoms with Gasteiger partial charge in [-0.15, -0.1) is 16.9 Å². The van der Waals surface area contributed by atoms with Gasteiger partial charge in [0.2, 0.25) is 5.90 Å². The summed E-state index contributed by atoms with van der Waals surface area (Å²) in [6.45, 7) is 12.8. The van der Waals surface area contributed by atoms with E-state index in [1.807, 2.05) is 6.08 Å². The Labute approximate surface area is 152 Å². The number of allylic oxidation sites excluding steroid dienone is 3. The van der Waals surface area contributed by atoms with Gasteiger partial charge in [0.05, 0.1) is 0 Å². The maximum Gasteiger partial charge on any atom is 0.212 e. The van der Waals surface area contributed by atoms with E-state index in [9.17, 15) is 5.41 Å². The third-order valence-electron chi connectivity index (χ3n) is 4.94. The minimum Gasteiger partial charge on any atom is -0.470 e. The normalized spacial score (nSPS) is 24.1. The molecule has 2 atom stereocenters. The second-order valence-corrected chi connectivity index (χ2v) is 6.83. The predicted octanol–water partition coefficient (Wildman–Crippen LogP) is 2.77. The highest BCUT2D eigenvalue weighted by atomic mass is 16.5. The fraction of sp³-hybridized carbons (Fsp3) is 0.571. The maximum absolute atomic E-state index is 10.5. The molecule has 2 aliphatic heterocycles. The summed E-state index contributed by atoms with van der Waals surface area (Å²) in [6.07, 6.45) is 10.6. The molecule has 25 heavy (non-hydrogen) atoms. The van der Waals surface area contributed by atoms with Crippen molar-refractivity contribution in [2.45, 2.75) is 38.2 Å². The molecule has 0 saturated carbocycles. The quantitative estimate of drug-likeness (QED) is 0.424. The zero-order valence-corrected chi connectivity index (χ0v) is 15.3. The molecule has 2 rings (SSSR count). The molecule has 0 amide bonds. The van der Waals surface area contributed by atoms with Crippen molar-refractivity contribution in [2.75, 3.05) is 33.2 Å². The van der Waals surface area contributed by atoms with E-state index in [2.05, 4.69) is 34.9 Å². The van der Waals surface area contributed by atoms with Crippen LogP contribution in [0.25, 0.3) is 0 Å². The van der Waals surface area contributed by atoms with E-state index < -0.39 is 0 Å². The summed E-state index contributed by atoms with van der Waals surface area (Å²) in [7, 11) is 2.06. The Morgan fingerprint density at radius 1 is 1.40 bits per heavy atom. The molecule has 2 saturated heterocycles. The van der Waals surface area contributed by atoms with E-state index >= 15 is 0 Å². The van der Waals surface area contributed by atoms with Crippen molar-refractivity contribution in [2.24, 2.45) is 5.92 Å². The van der Waals surface area contributed by atoms with Crippen molar-refractivity contribution in [3.63, 3.8) is 0 Å². The van der Waals surface area contributed by atoms with Gasteiger partial charge in [-0.05, 0) is 63.6 Å². The van der Waals surface area contributed by atoms with Gasteiger partial charge in [-0.2, -0.15) is 0 Å². The maximum atomic E-state index is 10.5. The number of likely N-dealkylation sites (tertiary alicyclic amines) is 2. The van der Waals surface area contributed by atoms with Gasteiger partial charge in [0.15, 0.2) is 0 Å². The summed E-state index contributed by atoms with van der Waals surface area (Å²) >= 11 is 0. The van der Waals surface area contributed by atoms with E-state index in [0.717, 1.165) is 44.7 Å². The Morgan fingerprint density at radius 3 is 2.84 bits per heavy atom. The highest BCUT2D eigenvalue weighted by Gasteiger charge is 2.27. The van der Waals surface area contributed by atoms with Crippen LogP contribution in [0.5, 0.6) is 0 Å². The highest BCUT2D eigenvalue weighted by molar-refractivity contribution is 5.77. The molecular formula is C21H29N3O. The number of rotatable bonds is 6. The standard InChI is InChI=1S/C21H29N3O/c1-4-6-11-19-16-18(12-15-23(19)3)21(22)25-20(10-5-2)17-24-13-8-7-9-14-24/h2,6,10-11,18,20H,1,7-9,12-17H2,3H3/b19-11-. The first-order valence-corrected chi connectivity index (χ1v) is 9.14. The van der Waals surface area contributed by atoms with Gasteiger partial charge >= 0.3 is 0 Å². The van der Waals surface area contributed by atoms with Gasteiger partial charge in [0.25, 0.3) is 0 Å². The van der Waals surface area contributed by atoms with Crippen LogP contribution in [0.15, 0.2) is 42.0 Å². The van der Waals surface area contributed by atoms with Crippen LogP contribution >= 0.6 is 0 Å². The van der Waals surface area contributed by atoms with Crippen LogP contribution < -0.4 is 5.41 Å². The monoisotopic (exact) mass is 339 g/mol. The smallest absolute Gasteiger partial charge is 0.212 e. The summed E-state index contributed by atoms with van der Waals surface area (Å²) in [5, 5.41) is 10.5. The molecule has 2 heterocycles. The van der Waals surface area contributed by atoms with Crippen LogP contribution in [0.2, 0.25) is 0 Å². The number of hydrogen-bond acceptors (Lipinski definition) is 3. The third kappa shape index (κ3) is 6.10. The summed E-state index contributed by atoms with van der Waals surface area (Å²) in [6, 6.07) is 0. The largest absolute Gasteiger partial charge is 0.470 e. The average Bonchev–Trinajstić information content (AvgIpc) is 2.62. The molecule has 0 aromatic carbocycles. The zero-order chi connectivity index (χ0) is 18.1. The molecule has 2 fully saturated rings. The molecular weight excluding hydrogens is 310 g/mol. The van der Waals surface area contributed by atoms with Crippen molar-refractivity contribution in [1.29, 1.82) is 0 Å². The molecule has 134 valence electrons. The minimum atomic E-state index is -0.261. The lowest BCUT2D eigenvalue weighted by atomic mass is 9.94. The summed E-state index contributed by atoms with van der Waals surface area (Å²) in [5.41, 5.74) is 6.48. The zero-order valence-electron chi connectivity index (χ0n) is 15.3. The highest BCUT2D eigenvalue weighted by Crippen LogP contribution is 2.26. The van der Waals surface area contributed by atoms with Crippen LogP contribution in [-0.4, -0.2) is 55.0 Å². The van der Waals surface area contributed by atoms with Crippen LogP contribution in [0.4, 0.5) is 0 Å². The lowest BCUT2D eigenvalue weighted by Gasteiger charge is -2.34. The molecule has 0 aliphatic carbocycles. The van der Waals surface area contributed by atoms with Crippen molar-refractivity contribution in [3.05, 3.63) is 48.5 Å². The Kier molecular flexibility index (Phi) is 7.81. The fourth-order valence-electron chi connectivity index (χ4n) is 3.44. The molecule has 0 N–H and O–H groups in total. The van der Waals surface area contributed by atoms with Gasteiger partial charge in [-0.3, -0.25) is 4.90 Å². The van der Waals surface area contributed by atoms with Crippen molar-refractivity contribution in [3.8, 4) is 0 Å². The first-order chi connectivity index (χ1) is 12.1. The molecule has 0 aromatic rings. The predicted molar refractivity (Wildman–Crippen MR) is 102 cm³/mol. The van der Waals surface area contributed by atoms with Crippen molar-refractivity contribution < 1.29 is 4.74 Å². The van der Waals surface area contributed by atoms with Gasteiger partial charge in [-0.1, -0.05) is 13.0 Å². The van der Waals surface area contributed by atoms with Gasteiger partial charge in [-0.25, -0.2) is 0 Å². The van der Waals surface area contributed by atoms with E-state index in [1.54, 1.807) is 12.2 Å². The second-order valence-electron chi connectivity index (χ2n) is 6.83. The van der Waals surface area contributed by atoms with E-state index in [1.165, 1.54) is 19.3 Å². The van der Waals surface area contributed by atoms with Crippen molar-refractivity contribution >= 4 is 5.90 Å². The van der Waals surface area contributed by atoms with Gasteiger partial charge < -0.3 is 9.64 Å². The molecule has 4 heteroatoms. The SMILES string of the molecule is [CH]=C=CC(CN1CCCCC1)OC(=[N])C1CCN(C)/C(=C\C=C=C)C1. The number of ether oxygens (including phenoxy) is 1. The molecule has 0 spiro atoms. The van der Waals surface area contributed by atoms with Crippen molar-refractivity contribution in [1.82, 2.24) is 15.2 Å². The molecule has 2 unspecified atom stereocenters. The summed E-state index contributed by atoms with van der Waals surface area (Å²) in [4.78, 5) is 4.56. The Morgan fingerprint density at radius 2 is 2.16 bits per heavy atom. The molecule has 0 aromatic heterocycles. The van der Waals surface area contributed by atoms with Crippen LogP contribution in [0, 0.1) is 12.5 Å². The van der Waals surface area contributed by atoms with E-state index in [4.69, 9.17) is 11.3 Å². The van der Waals surface area contributed by atoms with Crippen LogP contribution in [-0.2, 0) is 4.74 Å². The first kappa shape index (κ1) is 19.3. The third-order valence-corrected chi connectivity index (χ3v) is 4.94. The minimum absolute atomic E-state index is 0.00399. The van der Waals surface area contributed by atoms with Crippen LogP contribution in [0.1, 0.15) is 32.1 Å². The number of hydrogen-bond donors (Lipinski definition) is 0. The average molecular weight is 339 g/mol. The molecule has 2 radical (unpaired) electrons. The lowest BCUT2D eigenvalue weighted by Crippen LogP contribution is -2.40. The topological polar surface area (TPSA) is 38.0 Å². The van der Waals surface area contributed by atoms with E-state index in [-0.39, 0.29) is 17.9 Å². The first-order valence-electron chi connectivity index (χ1n) is 9.14.